The fourth-order valence-electron chi connectivity index (χ4n) is 5.56. The highest BCUT2D eigenvalue weighted by molar-refractivity contribution is 9.10. The number of halogens is 1. The van der Waals surface area contributed by atoms with Crippen LogP contribution in [0.4, 0.5) is 5.82 Å². The Labute approximate surface area is 129 Å². The Morgan fingerprint density at radius 1 is 1.20 bits per heavy atom. The van der Waals surface area contributed by atoms with Gasteiger partial charge in [-0.3, -0.25) is 0 Å². The van der Waals surface area contributed by atoms with Crippen LogP contribution in [0.2, 0.25) is 0 Å². The quantitative estimate of drug-likeness (QED) is 0.853. The zero-order chi connectivity index (χ0) is 13.7. The van der Waals surface area contributed by atoms with Gasteiger partial charge in [0.15, 0.2) is 0 Å². The zero-order valence-electron chi connectivity index (χ0n) is 12.1. The van der Waals surface area contributed by atoms with Gasteiger partial charge in [-0.2, -0.15) is 0 Å². The molecule has 0 amide bonds. The maximum absolute atomic E-state index is 4.49. The summed E-state index contributed by atoms with van der Waals surface area (Å²) in [5, 5.41) is 3.71. The molecule has 1 atom stereocenters. The van der Waals surface area contributed by atoms with Crippen LogP contribution in [0.25, 0.3) is 0 Å². The summed E-state index contributed by atoms with van der Waals surface area (Å²) in [4.78, 5) is 4.49. The Morgan fingerprint density at radius 2 is 1.80 bits per heavy atom. The van der Waals surface area contributed by atoms with Crippen molar-refractivity contribution < 1.29 is 0 Å². The first-order chi connectivity index (χ1) is 9.64. The molecule has 5 rings (SSSR count). The highest BCUT2D eigenvalue weighted by Crippen LogP contribution is 2.61. The number of hydrogen-bond donors (Lipinski definition) is 1. The van der Waals surface area contributed by atoms with Crippen molar-refractivity contribution in [2.45, 2.75) is 51.5 Å². The lowest BCUT2D eigenvalue weighted by Crippen LogP contribution is -2.53. The van der Waals surface area contributed by atoms with E-state index in [0.29, 0.717) is 11.5 Å². The fraction of sp³-hybridized carbons (Fsp3) is 0.706. The molecule has 4 saturated carbocycles. The standard InChI is InChI=1S/C17H23BrN2/c1-11(20-16-15(18)3-2-4-19-16)17-8-12-5-13(9-17)7-14(6-12)10-17/h2-4,11-14H,5-10H2,1H3,(H,19,20). The van der Waals surface area contributed by atoms with Gasteiger partial charge in [0.05, 0.1) is 4.47 Å². The smallest absolute Gasteiger partial charge is 0.140 e. The minimum atomic E-state index is 0.530. The van der Waals surface area contributed by atoms with Crippen LogP contribution in [0.1, 0.15) is 45.4 Å². The molecule has 0 aromatic carbocycles. The first kappa shape index (κ1) is 13.1. The molecule has 3 heteroatoms. The molecule has 108 valence electrons. The zero-order valence-corrected chi connectivity index (χ0v) is 13.7. The molecule has 4 fully saturated rings. The first-order valence-electron chi connectivity index (χ1n) is 8.02. The second-order valence-electron chi connectivity index (χ2n) is 7.48. The summed E-state index contributed by atoms with van der Waals surface area (Å²) in [6, 6.07) is 4.58. The molecule has 0 radical (unpaired) electrons. The molecule has 1 aromatic rings. The molecule has 0 spiro atoms. The number of nitrogens with one attached hydrogen (secondary N) is 1. The molecule has 1 aromatic heterocycles. The van der Waals surface area contributed by atoms with Crippen LogP contribution in [0.5, 0.6) is 0 Å². The van der Waals surface area contributed by atoms with Gasteiger partial charge in [-0.25, -0.2) is 4.98 Å². The lowest BCUT2D eigenvalue weighted by atomic mass is 9.48. The summed E-state index contributed by atoms with van der Waals surface area (Å²) in [6.45, 7) is 2.38. The van der Waals surface area contributed by atoms with Crippen LogP contribution in [-0.2, 0) is 0 Å². The summed E-state index contributed by atoms with van der Waals surface area (Å²) in [6.07, 6.45) is 10.7. The maximum atomic E-state index is 4.49. The van der Waals surface area contributed by atoms with Crippen molar-refractivity contribution in [3.05, 3.63) is 22.8 Å². The number of nitrogens with zero attached hydrogens (tertiary/aromatic N) is 1. The topological polar surface area (TPSA) is 24.9 Å². The highest BCUT2D eigenvalue weighted by atomic mass is 79.9. The van der Waals surface area contributed by atoms with Gasteiger partial charge in [0.2, 0.25) is 0 Å². The van der Waals surface area contributed by atoms with Crippen LogP contribution in [-0.4, -0.2) is 11.0 Å². The normalized spacial score (nSPS) is 39.8. The number of rotatable bonds is 3. The number of aromatic nitrogens is 1. The van der Waals surface area contributed by atoms with E-state index in [9.17, 15) is 0 Å². The Morgan fingerprint density at radius 3 is 2.35 bits per heavy atom. The minimum absolute atomic E-state index is 0.530. The monoisotopic (exact) mass is 334 g/mol. The largest absolute Gasteiger partial charge is 0.366 e. The van der Waals surface area contributed by atoms with Crippen LogP contribution < -0.4 is 5.32 Å². The Bertz CT molecular complexity index is 478. The SMILES string of the molecule is CC(Nc1ncccc1Br)C12CC3CC(CC(C3)C1)C2. The van der Waals surface area contributed by atoms with Gasteiger partial charge in [0.1, 0.15) is 5.82 Å². The molecule has 4 aliphatic carbocycles. The second-order valence-corrected chi connectivity index (χ2v) is 8.33. The summed E-state index contributed by atoms with van der Waals surface area (Å²) in [7, 11) is 0. The van der Waals surface area contributed by atoms with Crippen molar-refractivity contribution in [2.75, 3.05) is 5.32 Å². The van der Waals surface area contributed by atoms with E-state index in [1.165, 1.54) is 38.5 Å². The number of anilines is 1. The molecule has 4 aliphatic rings. The van der Waals surface area contributed by atoms with Crippen molar-refractivity contribution >= 4 is 21.7 Å². The molecule has 1 heterocycles. The van der Waals surface area contributed by atoms with Crippen LogP contribution in [0.15, 0.2) is 22.8 Å². The van der Waals surface area contributed by atoms with E-state index in [-0.39, 0.29) is 0 Å². The lowest BCUT2D eigenvalue weighted by molar-refractivity contribution is -0.0603. The molecular formula is C17H23BrN2. The maximum Gasteiger partial charge on any atom is 0.140 e. The summed E-state index contributed by atoms with van der Waals surface area (Å²) in [5.74, 6) is 4.05. The highest BCUT2D eigenvalue weighted by Gasteiger charge is 2.53. The molecule has 0 aliphatic heterocycles. The predicted octanol–water partition coefficient (Wildman–Crippen LogP) is 4.86. The summed E-state index contributed by atoms with van der Waals surface area (Å²) in [5.41, 5.74) is 0.533. The summed E-state index contributed by atoms with van der Waals surface area (Å²) < 4.78 is 1.08. The number of pyridine rings is 1. The van der Waals surface area contributed by atoms with Gasteiger partial charge >= 0.3 is 0 Å². The van der Waals surface area contributed by atoms with E-state index in [4.69, 9.17) is 0 Å². The first-order valence-corrected chi connectivity index (χ1v) is 8.81. The van der Waals surface area contributed by atoms with E-state index in [1.807, 2.05) is 12.3 Å². The number of hydrogen-bond acceptors (Lipinski definition) is 2. The third kappa shape index (κ3) is 2.09. The minimum Gasteiger partial charge on any atom is -0.366 e. The van der Waals surface area contributed by atoms with Crippen molar-refractivity contribution in [2.24, 2.45) is 23.2 Å². The van der Waals surface area contributed by atoms with Crippen LogP contribution >= 0.6 is 15.9 Å². The lowest BCUT2D eigenvalue weighted by Gasteiger charge is -2.59. The fourth-order valence-corrected chi connectivity index (χ4v) is 5.93. The second kappa shape index (κ2) is 4.72. The Hall–Kier alpha value is -0.570. The molecule has 4 bridgehead atoms. The van der Waals surface area contributed by atoms with Gasteiger partial charge in [-0.1, -0.05) is 0 Å². The average molecular weight is 335 g/mol. The van der Waals surface area contributed by atoms with E-state index in [2.05, 4.69) is 39.2 Å². The van der Waals surface area contributed by atoms with E-state index < -0.39 is 0 Å². The van der Waals surface area contributed by atoms with Crippen molar-refractivity contribution in [1.29, 1.82) is 0 Å². The summed E-state index contributed by atoms with van der Waals surface area (Å²) >= 11 is 3.61. The molecular weight excluding hydrogens is 312 g/mol. The van der Waals surface area contributed by atoms with E-state index in [1.54, 1.807) is 0 Å². The molecule has 2 nitrogen and oxygen atoms in total. The van der Waals surface area contributed by atoms with Crippen molar-refractivity contribution in [1.82, 2.24) is 4.98 Å². The third-order valence-electron chi connectivity index (χ3n) is 6.12. The van der Waals surface area contributed by atoms with Gasteiger partial charge in [-0.05, 0) is 96.7 Å². The van der Waals surface area contributed by atoms with Crippen LogP contribution in [0, 0.1) is 23.2 Å². The third-order valence-corrected chi connectivity index (χ3v) is 6.76. The van der Waals surface area contributed by atoms with Gasteiger partial charge in [-0.15, -0.1) is 0 Å². The van der Waals surface area contributed by atoms with Crippen molar-refractivity contribution in [3.63, 3.8) is 0 Å². The molecule has 1 unspecified atom stereocenters. The Kier molecular flexibility index (Phi) is 3.10. The molecule has 1 N–H and O–H groups in total. The van der Waals surface area contributed by atoms with E-state index in [0.717, 1.165) is 28.0 Å². The average Bonchev–Trinajstić information content (AvgIpc) is 2.40. The molecule has 0 saturated heterocycles. The van der Waals surface area contributed by atoms with Gasteiger partial charge < -0.3 is 5.32 Å². The predicted molar refractivity (Wildman–Crippen MR) is 85.6 cm³/mol. The van der Waals surface area contributed by atoms with Gasteiger partial charge in [0, 0.05) is 12.2 Å². The van der Waals surface area contributed by atoms with Crippen LogP contribution in [0.3, 0.4) is 0 Å². The molecule has 20 heavy (non-hydrogen) atoms. The van der Waals surface area contributed by atoms with Crippen molar-refractivity contribution in [3.8, 4) is 0 Å². The van der Waals surface area contributed by atoms with Gasteiger partial charge in [0.25, 0.3) is 0 Å². The van der Waals surface area contributed by atoms with E-state index >= 15 is 0 Å². The Balaban J connectivity index is 1.56.